The Morgan fingerprint density at radius 2 is 1.62 bits per heavy atom. The van der Waals surface area contributed by atoms with E-state index in [0.29, 0.717) is 18.0 Å². The lowest BCUT2D eigenvalue weighted by Crippen LogP contribution is -2.44. The molecule has 1 aromatic rings. The van der Waals surface area contributed by atoms with Crippen LogP contribution in [0.4, 0.5) is 0 Å². The number of likely N-dealkylation sites (tertiary alicyclic amines) is 1. The summed E-state index contributed by atoms with van der Waals surface area (Å²) in [6, 6.07) is 9.81. The van der Waals surface area contributed by atoms with E-state index < -0.39 is 0 Å². The van der Waals surface area contributed by atoms with Crippen molar-refractivity contribution >= 4 is 5.91 Å². The van der Waals surface area contributed by atoms with Crippen LogP contribution in [0.5, 0.6) is 0 Å². The number of rotatable bonds is 4. The molecule has 1 unspecified atom stereocenters. The molecule has 1 aliphatic heterocycles. The zero-order valence-corrected chi connectivity index (χ0v) is 13.7. The fraction of sp³-hybridized carbons (Fsp3) is 0.611. The number of hydrogen-bond acceptors (Lipinski definition) is 2. The summed E-state index contributed by atoms with van der Waals surface area (Å²) in [6.45, 7) is 10.1. The summed E-state index contributed by atoms with van der Waals surface area (Å²) in [7, 11) is 0. The van der Waals surface area contributed by atoms with E-state index in [-0.39, 0.29) is 5.91 Å². The van der Waals surface area contributed by atoms with Crippen LogP contribution in [0.3, 0.4) is 0 Å². The lowest BCUT2D eigenvalue weighted by atomic mass is 9.98. The van der Waals surface area contributed by atoms with Crippen molar-refractivity contribution in [3.8, 4) is 0 Å². The Kier molecular flexibility index (Phi) is 5.40. The van der Waals surface area contributed by atoms with Gasteiger partial charge >= 0.3 is 0 Å². The molecule has 1 aliphatic rings. The smallest absolute Gasteiger partial charge is 0.219 e. The Hall–Kier alpha value is -1.35. The van der Waals surface area contributed by atoms with Gasteiger partial charge in [0.15, 0.2) is 0 Å². The van der Waals surface area contributed by atoms with Crippen LogP contribution in [0.2, 0.25) is 0 Å². The second kappa shape index (κ2) is 7.08. The second-order valence-electron chi connectivity index (χ2n) is 6.49. The van der Waals surface area contributed by atoms with Crippen LogP contribution >= 0.6 is 0 Å². The van der Waals surface area contributed by atoms with Gasteiger partial charge in [-0.15, -0.1) is 0 Å². The number of nitrogens with one attached hydrogen (secondary N) is 1. The predicted octanol–water partition coefficient (Wildman–Crippen LogP) is 3.47. The summed E-state index contributed by atoms with van der Waals surface area (Å²) in [5, 5.41) is 3.71. The van der Waals surface area contributed by atoms with Crippen LogP contribution in [-0.4, -0.2) is 29.9 Å². The van der Waals surface area contributed by atoms with Crippen molar-refractivity contribution in [1.29, 1.82) is 0 Å². The summed E-state index contributed by atoms with van der Waals surface area (Å²) >= 11 is 0. The molecule has 3 heteroatoms. The first kappa shape index (κ1) is 16.0. The molecule has 1 saturated heterocycles. The monoisotopic (exact) mass is 288 g/mol. The molecule has 116 valence electrons. The number of nitrogens with zero attached hydrogens (tertiary/aromatic N) is 1. The zero-order chi connectivity index (χ0) is 15.4. The molecule has 0 aliphatic carbocycles. The molecule has 3 nitrogen and oxygen atoms in total. The summed E-state index contributed by atoms with van der Waals surface area (Å²) < 4.78 is 0. The van der Waals surface area contributed by atoms with E-state index >= 15 is 0 Å². The topological polar surface area (TPSA) is 32.3 Å². The third kappa shape index (κ3) is 4.31. The molecule has 0 saturated carbocycles. The number of carbonyl (C=O) groups excluding carboxylic acids is 1. The predicted molar refractivity (Wildman–Crippen MR) is 87.4 cm³/mol. The Bertz CT molecular complexity index is 459. The van der Waals surface area contributed by atoms with Gasteiger partial charge in [0.1, 0.15) is 0 Å². The summed E-state index contributed by atoms with van der Waals surface area (Å²) in [5.41, 5.74) is 2.73. The molecule has 0 aromatic heterocycles. The van der Waals surface area contributed by atoms with E-state index in [4.69, 9.17) is 0 Å². The van der Waals surface area contributed by atoms with Gasteiger partial charge in [-0.05, 0) is 36.8 Å². The van der Waals surface area contributed by atoms with Crippen LogP contribution in [0.15, 0.2) is 24.3 Å². The maximum Gasteiger partial charge on any atom is 0.219 e. The lowest BCUT2D eigenvalue weighted by Gasteiger charge is -2.33. The van der Waals surface area contributed by atoms with Crippen molar-refractivity contribution < 1.29 is 4.79 Å². The highest BCUT2D eigenvalue weighted by Gasteiger charge is 2.21. The highest BCUT2D eigenvalue weighted by molar-refractivity contribution is 5.73. The first-order chi connectivity index (χ1) is 9.97. The van der Waals surface area contributed by atoms with Gasteiger partial charge in [0.2, 0.25) is 5.91 Å². The molecular weight excluding hydrogens is 260 g/mol. The van der Waals surface area contributed by atoms with Crippen molar-refractivity contribution in [3.05, 3.63) is 35.4 Å². The van der Waals surface area contributed by atoms with Crippen molar-refractivity contribution in [2.75, 3.05) is 13.1 Å². The molecule has 0 bridgehead atoms. The second-order valence-corrected chi connectivity index (χ2v) is 6.49. The van der Waals surface area contributed by atoms with Gasteiger partial charge in [-0.3, -0.25) is 4.79 Å². The minimum absolute atomic E-state index is 0.200. The molecule has 1 atom stereocenters. The van der Waals surface area contributed by atoms with Gasteiger partial charge in [0.25, 0.3) is 0 Å². The molecule has 2 rings (SSSR count). The maximum atomic E-state index is 11.3. The first-order valence-electron chi connectivity index (χ1n) is 8.08. The van der Waals surface area contributed by atoms with Gasteiger partial charge in [-0.25, -0.2) is 0 Å². The lowest BCUT2D eigenvalue weighted by molar-refractivity contribution is -0.129. The summed E-state index contributed by atoms with van der Waals surface area (Å²) in [5.74, 6) is 0.781. The van der Waals surface area contributed by atoms with Crippen LogP contribution in [0, 0.1) is 0 Å². The first-order valence-corrected chi connectivity index (χ1v) is 8.08. The van der Waals surface area contributed by atoms with E-state index in [2.05, 4.69) is 50.4 Å². The number of benzene rings is 1. The van der Waals surface area contributed by atoms with Gasteiger partial charge in [0.05, 0.1) is 0 Å². The average molecular weight is 288 g/mol. The molecule has 1 heterocycles. The molecular formula is C18H28N2O. The minimum Gasteiger partial charge on any atom is -0.343 e. The van der Waals surface area contributed by atoms with Crippen LogP contribution in [0.1, 0.15) is 63.6 Å². The largest absolute Gasteiger partial charge is 0.343 e. The van der Waals surface area contributed by atoms with Crippen LogP contribution < -0.4 is 5.32 Å². The molecule has 1 fully saturated rings. The van der Waals surface area contributed by atoms with E-state index in [0.717, 1.165) is 25.9 Å². The van der Waals surface area contributed by atoms with Crippen molar-refractivity contribution in [3.63, 3.8) is 0 Å². The Morgan fingerprint density at radius 3 is 2.10 bits per heavy atom. The number of hydrogen-bond donors (Lipinski definition) is 1. The Balaban J connectivity index is 1.87. The standard InChI is InChI=1S/C18H28N2O/c1-13(2)16-5-7-17(8-6-16)14(3)19-18-9-11-20(12-10-18)15(4)21/h5-8,13-14,18-19H,9-12H2,1-4H3. The quantitative estimate of drug-likeness (QED) is 0.920. The van der Waals surface area contributed by atoms with Gasteiger partial charge in [-0.2, -0.15) is 0 Å². The third-order valence-electron chi connectivity index (χ3n) is 4.53. The van der Waals surface area contributed by atoms with E-state index in [1.165, 1.54) is 11.1 Å². The Morgan fingerprint density at radius 1 is 1.10 bits per heavy atom. The molecule has 1 amide bonds. The molecule has 1 N–H and O–H groups in total. The zero-order valence-electron chi connectivity index (χ0n) is 13.7. The van der Waals surface area contributed by atoms with Crippen molar-refractivity contribution in [1.82, 2.24) is 10.2 Å². The highest BCUT2D eigenvalue weighted by Crippen LogP contribution is 2.20. The van der Waals surface area contributed by atoms with E-state index in [1.807, 2.05) is 4.90 Å². The third-order valence-corrected chi connectivity index (χ3v) is 4.53. The van der Waals surface area contributed by atoms with Crippen LogP contribution in [-0.2, 0) is 4.79 Å². The molecule has 0 spiro atoms. The normalized spacial score (nSPS) is 18.0. The van der Waals surface area contributed by atoms with Crippen LogP contribution in [0.25, 0.3) is 0 Å². The van der Waals surface area contributed by atoms with Gasteiger partial charge in [0, 0.05) is 32.1 Å². The van der Waals surface area contributed by atoms with Gasteiger partial charge < -0.3 is 10.2 Å². The number of carbonyl (C=O) groups is 1. The average Bonchev–Trinajstić information content (AvgIpc) is 2.47. The number of amides is 1. The molecule has 1 aromatic carbocycles. The highest BCUT2D eigenvalue weighted by atomic mass is 16.2. The minimum atomic E-state index is 0.200. The number of piperidine rings is 1. The fourth-order valence-corrected chi connectivity index (χ4v) is 2.98. The molecule has 0 radical (unpaired) electrons. The fourth-order valence-electron chi connectivity index (χ4n) is 2.98. The SMILES string of the molecule is CC(=O)N1CCC(NC(C)c2ccc(C(C)C)cc2)CC1. The van der Waals surface area contributed by atoms with Gasteiger partial charge in [-0.1, -0.05) is 38.1 Å². The Labute approximate surface area is 128 Å². The van der Waals surface area contributed by atoms with E-state index in [9.17, 15) is 4.79 Å². The summed E-state index contributed by atoms with van der Waals surface area (Å²) in [6.07, 6.45) is 2.10. The van der Waals surface area contributed by atoms with Crippen molar-refractivity contribution in [2.45, 2.75) is 58.5 Å². The van der Waals surface area contributed by atoms with Crippen molar-refractivity contribution in [2.24, 2.45) is 0 Å². The maximum absolute atomic E-state index is 11.3. The summed E-state index contributed by atoms with van der Waals surface area (Å²) in [4.78, 5) is 13.3. The van der Waals surface area contributed by atoms with E-state index in [1.54, 1.807) is 6.92 Å². The molecule has 21 heavy (non-hydrogen) atoms.